The van der Waals surface area contributed by atoms with Crippen molar-refractivity contribution in [2.24, 2.45) is 4.99 Å². The first-order valence-electron chi connectivity index (χ1n) is 6.48. The molecule has 1 rings (SSSR count). The van der Waals surface area contributed by atoms with Crippen LogP contribution in [0.4, 0.5) is 0 Å². The molecule has 6 heteroatoms. The van der Waals surface area contributed by atoms with Crippen molar-refractivity contribution >= 4 is 35.8 Å². The average molecular weight is 400 g/mol. The van der Waals surface area contributed by atoms with Gasteiger partial charge in [-0.3, -0.25) is 4.79 Å². The van der Waals surface area contributed by atoms with Gasteiger partial charge in [-0.15, -0.1) is 30.4 Å². The lowest BCUT2D eigenvalue weighted by atomic mass is 10.1. The maximum Gasteiger partial charge on any atom is 0.251 e. The number of hydrogen-bond donors (Lipinski definition) is 3. The number of nitrogens with zero attached hydrogens (tertiary/aromatic N) is 1. The van der Waals surface area contributed by atoms with Gasteiger partial charge in [-0.25, -0.2) is 4.99 Å². The first-order valence-corrected chi connectivity index (χ1v) is 6.48. The Morgan fingerprint density at radius 1 is 1.38 bits per heavy atom. The van der Waals surface area contributed by atoms with Crippen LogP contribution >= 0.6 is 24.0 Å². The molecule has 0 spiro atoms. The normalized spacial score (nSPS) is 10.0. The standard InChI is InChI=1S/C15H20N4O.HI/c1-4-9-18-15(17-5-2)19-11-12-7-6-8-13(10-12)14(20)16-3;/h1,6-8,10H,5,9,11H2,2-3H3,(H,16,20)(H2,17,18,19);1H. The molecule has 0 saturated carbocycles. The number of guanidine groups is 1. The van der Waals surface area contributed by atoms with E-state index in [0.29, 0.717) is 24.6 Å². The molecule has 114 valence electrons. The first kappa shape index (κ1) is 19.2. The minimum Gasteiger partial charge on any atom is -0.357 e. The molecule has 0 aromatic heterocycles. The van der Waals surface area contributed by atoms with Crippen LogP contribution in [0.5, 0.6) is 0 Å². The fourth-order valence-electron chi connectivity index (χ4n) is 1.60. The van der Waals surface area contributed by atoms with Crippen LogP contribution in [0.1, 0.15) is 22.8 Å². The van der Waals surface area contributed by atoms with Gasteiger partial charge in [0, 0.05) is 19.2 Å². The summed E-state index contributed by atoms with van der Waals surface area (Å²) in [5.74, 6) is 3.06. The van der Waals surface area contributed by atoms with Gasteiger partial charge in [-0.05, 0) is 24.6 Å². The number of nitrogens with one attached hydrogen (secondary N) is 3. The molecule has 0 bridgehead atoms. The van der Waals surface area contributed by atoms with E-state index >= 15 is 0 Å². The Hall–Kier alpha value is -1.75. The molecule has 1 amide bonds. The summed E-state index contributed by atoms with van der Waals surface area (Å²) in [6.07, 6.45) is 5.21. The third kappa shape index (κ3) is 6.99. The van der Waals surface area contributed by atoms with Crippen LogP contribution in [-0.4, -0.2) is 32.0 Å². The van der Waals surface area contributed by atoms with Gasteiger partial charge >= 0.3 is 0 Å². The number of hydrogen-bond acceptors (Lipinski definition) is 2. The summed E-state index contributed by atoms with van der Waals surface area (Å²) in [5.41, 5.74) is 1.59. The summed E-state index contributed by atoms with van der Waals surface area (Å²) in [6, 6.07) is 7.37. The number of amides is 1. The van der Waals surface area contributed by atoms with Crippen molar-refractivity contribution in [2.45, 2.75) is 13.5 Å². The molecule has 0 atom stereocenters. The van der Waals surface area contributed by atoms with Crippen molar-refractivity contribution in [3.63, 3.8) is 0 Å². The molecule has 0 unspecified atom stereocenters. The molecule has 0 fully saturated rings. The van der Waals surface area contributed by atoms with E-state index in [0.717, 1.165) is 12.1 Å². The van der Waals surface area contributed by atoms with Gasteiger partial charge in [-0.2, -0.15) is 0 Å². The van der Waals surface area contributed by atoms with Gasteiger partial charge in [-0.1, -0.05) is 18.1 Å². The van der Waals surface area contributed by atoms with Crippen molar-refractivity contribution in [3.05, 3.63) is 35.4 Å². The largest absolute Gasteiger partial charge is 0.357 e. The van der Waals surface area contributed by atoms with Crippen LogP contribution in [0, 0.1) is 12.3 Å². The minimum atomic E-state index is -0.104. The number of aliphatic imine (C=N–C) groups is 1. The summed E-state index contributed by atoms with van der Waals surface area (Å²) >= 11 is 0. The molecule has 0 radical (unpaired) electrons. The van der Waals surface area contributed by atoms with Crippen molar-refractivity contribution in [3.8, 4) is 12.3 Å². The van der Waals surface area contributed by atoms with Crippen molar-refractivity contribution in [2.75, 3.05) is 20.1 Å². The van der Waals surface area contributed by atoms with Crippen LogP contribution in [0.25, 0.3) is 0 Å². The van der Waals surface area contributed by atoms with E-state index in [1.54, 1.807) is 13.1 Å². The zero-order chi connectivity index (χ0) is 14.8. The Labute approximate surface area is 143 Å². The fraction of sp³-hybridized carbons (Fsp3) is 0.333. The zero-order valence-electron chi connectivity index (χ0n) is 12.3. The van der Waals surface area contributed by atoms with E-state index in [4.69, 9.17) is 6.42 Å². The number of carbonyl (C=O) groups is 1. The molecule has 0 aliphatic carbocycles. The molecule has 1 aromatic rings. The molecular weight excluding hydrogens is 379 g/mol. The molecule has 0 aliphatic heterocycles. The third-order valence-electron chi connectivity index (χ3n) is 2.54. The molecule has 5 nitrogen and oxygen atoms in total. The maximum atomic E-state index is 11.6. The van der Waals surface area contributed by atoms with Crippen molar-refractivity contribution in [1.29, 1.82) is 0 Å². The lowest BCUT2D eigenvalue weighted by Gasteiger charge is -2.09. The number of halogens is 1. The highest BCUT2D eigenvalue weighted by Gasteiger charge is 2.03. The zero-order valence-corrected chi connectivity index (χ0v) is 14.6. The Morgan fingerprint density at radius 3 is 2.76 bits per heavy atom. The quantitative estimate of drug-likeness (QED) is 0.303. The molecule has 0 aliphatic rings. The van der Waals surface area contributed by atoms with Gasteiger partial charge in [0.1, 0.15) is 0 Å². The molecule has 21 heavy (non-hydrogen) atoms. The van der Waals surface area contributed by atoms with E-state index < -0.39 is 0 Å². The molecule has 3 N–H and O–H groups in total. The number of rotatable bonds is 5. The van der Waals surface area contributed by atoms with E-state index in [9.17, 15) is 4.79 Å². The smallest absolute Gasteiger partial charge is 0.251 e. The third-order valence-corrected chi connectivity index (χ3v) is 2.54. The number of carbonyl (C=O) groups excluding carboxylic acids is 1. The highest BCUT2D eigenvalue weighted by atomic mass is 127. The predicted molar refractivity (Wildman–Crippen MR) is 96.9 cm³/mol. The summed E-state index contributed by atoms with van der Waals surface area (Å²) in [4.78, 5) is 16.0. The Kier molecular flexibility index (Phi) is 10.1. The van der Waals surface area contributed by atoms with Crippen molar-refractivity contribution in [1.82, 2.24) is 16.0 Å². The van der Waals surface area contributed by atoms with Gasteiger partial charge in [0.2, 0.25) is 0 Å². The van der Waals surface area contributed by atoms with Crippen LogP contribution in [0.2, 0.25) is 0 Å². The second kappa shape index (κ2) is 11.0. The Balaban J connectivity index is 0.00000400. The van der Waals surface area contributed by atoms with Gasteiger partial charge in [0.15, 0.2) is 5.96 Å². The average Bonchev–Trinajstić information content (AvgIpc) is 2.49. The van der Waals surface area contributed by atoms with E-state index in [2.05, 4.69) is 26.9 Å². The summed E-state index contributed by atoms with van der Waals surface area (Å²) < 4.78 is 0. The molecule has 1 aromatic carbocycles. The van der Waals surface area contributed by atoms with Gasteiger partial charge < -0.3 is 16.0 Å². The van der Waals surface area contributed by atoms with E-state index in [1.807, 2.05) is 25.1 Å². The van der Waals surface area contributed by atoms with Crippen LogP contribution in [0.15, 0.2) is 29.3 Å². The second-order valence-corrected chi connectivity index (χ2v) is 4.03. The van der Waals surface area contributed by atoms with Crippen LogP contribution in [0.3, 0.4) is 0 Å². The number of terminal acetylenes is 1. The molecule has 0 heterocycles. The summed E-state index contributed by atoms with van der Waals surface area (Å²) in [5, 5.41) is 8.71. The van der Waals surface area contributed by atoms with Crippen molar-refractivity contribution < 1.29 is 4.79 Å². The number of benzene rings is 1. The monoisotopic (exact) mass is 400 g/mol. The Morgan fingerprint density at radius 2 is 2.14 bits per heavy atom. The Bertz CT molecular complexity index is 523. The highest BCUT2D eigenvalue weighted by molar-refractivity contribution is 14.0. The van der Waals surface area contributed by atoms with Crippen LogP contribution < -0.4 is 16.0 Å². The highest BCUT2D eigenvalue weighted by Crippen LogP contribution is 2.06. The fourth-order valence-corrected chi connectivity index (χ4v) is 1.60. The topological polar surface area (TPSA) is 65.5 Å². The predicted octanol–water partition coefficient (Wildman–Crippen LogP) is 1.35. The second-order valence-electron chi connectivity index (χ2n) is 4.03. The summed E-state index contributed by atoms with van der Waals surface area (Å²) in [7, 11) is 1.61. The first-order chi connectivity index (χ1) is 9.71. The molecule has 0 saturated heterocycles. The minimum absolute atomic E-state index is 0. The van der Waals surface area contributed by atoms with E-state index in [-0.39, 0.29) is 29.9 Å². The lowest BCUT2D eigenvalue weighted by molar-refractivity contribution is 0.0963. The van der Waals surface area contributed by atoms with Gasteiger partial charge in [0.05, 0.1) is 13.1 Å². The SMILES string of the molecule is C#CCNC(=NCc1cccc(C(=O)NC)c1)NCC.I. The molecular formula is C15H21IN4O. The van der Waals surface area contributed by atoms with E-state index in [1.165, 1.54) is 0 Å². The van der Waals surface area contributed by atoms with Gasteiger partial charge in [0.25, 0.3) is 5.91 Å². The maximum absolute atomic E-state index is 11.6. The van der Waals surface area contributed by atoms with Crippen LogP contribution in [-0.2, 0) is 6.54 Å². The lowest BCUT2D eigenvalue weighted by Crippen LogP contribution is -2.37. The summed E-state index contributed by atoms with van der Waals surface area (Å²) in [6.45, 7) is 3.64.